The first-order valence-corrected chi connectivity index (χ1v) is 12.2. The highest BCUT2D eigenvalue weighted by atomic mass is 79.9. The van der Waals surface area contributed by atoms with Crippen molar-refractivity contribution in [1.82, 2.24) is 0 Å². The van der Waals surface area contributed by atoms with Crippen LogP contribution >= 0.6 is 0 Å². The van der Waals surface area contributed by atoms with E-state index in [0.717, 1.165) is 25.3 Å². The Balaban J connectivity index is 0.00000269. The van der Waals surface area contributed by atoms with Gasteiger partial charge in [0.15, 0.2) is 37.9 Å². The fourth-order valence-corrected chi connectivity index (χ4v) is 4.06. The summed E-state index contributed by atoms with van der Waals surface area (Å²) in [5.74, 6) is -0.761. The third-order valence-corrected chi connectivity index (χ3v) is 6.01. The van der Waals surface area contributed by atoms with E-state index in [0.29, 0.717) is 35.1 Å². The highest BCUT2D eigenvalue weighted by Gasteiger charge is 2.22. The summed E-state index contributed by atoms with van der Waals surface area (Å²) in [5, 5.41) is 34.1. The molecule has 0 saturated carbocycles. The number of halogens is 4. The average Bonchev–Trinajstić information content (AvgIpc) is 2.99. The standard InChI is InChI=1S/C26H26B2F2N2O4.2CH4O.2BrH/c1-35-27(33)25-5-3-23(29)15-21(25)17-31-11-7-19(8-12-31)20-9-13-32(14-10-20)18-22-16-24(30)4-6-26(22)28(34)36-2;2*1-2;;/h3-16,33-34H,17-18H2,1-2H3;2*2H,1H3;2*1H/q+2;;;;/p-2. The number of hydrogen-bond donors (Lipinski definition) is 4. The van der Waals surface area contributed by atoms with Crippen LogP contribution in [0.1, 0.15) is 11.1 Å². The Bertz CT molecular complexity index is 1240. The van der Waals surface area contributed by atoms with Crippen molar-refractivity contribution >= 4 is 25.2 Å². The summed E-state index contributed by atoms with van der Waals surface area (Å²) in [6, 6.07) is 16.2. The number of nitrogens with zero attached hydrogens (tertiary/aromatic N) is 2. The average molecular weight is 714 g/mol. The number of aromatic nitrogens is 2. The number of rotatable bonds is 9. The van der Waals surface area contributed by atoms with Crippen LogP contribution in [-0.2, 0) is 22.4 Å². The molecule has 4 aromatic rings. The van der Waals surface area contributed by atoms with E-state index >= 15 is 0 Å². The van der Waals surface area contributed by atoms with Crippen molar-refractivity contribution < 1.29 is 81.4 Å². The van der Waals surface area contributed by atoms with E-state index in [1.807, 2.05) is 58.2 Å². The van der Waals surface area contributed by atoms with Gasteiger partial charge in [-0.2, -0.15) is 0 Å². The van der Waals surface area contributed by atoms with Gasteiger partial charge >= 0.3 is 14.2 Å². The zero-order valence-electron chi connectivity index (χ0n) is 23.7. The van der Waals surface area contributed by atoms with Crippen LogP contribution in [0.5, 0.6) is 0 Å². The number of pyridine rings is 2. The maximum absolute atomic E-state index is 13.8. The van der Waals surface area contributed by atoms with E-state index in [2.05, 4.69) is 0 Å². The zero-order chi connectivity index (χ0) is 29.7. The number of aliphatic hydroxyl groups is 2. The molecule has 0 spiro atoms. The number of hydrogen-bond acceptors (Lipinski definition) is 6. The second kappa shape index (κ2) is 20.4. The molecular formula is C28H34B2Br2F2N2O6. The summed E-state index contributed by atoms with van der Waals surface area (Å²) in [4.78, 5) is 0. The van der Waals surface area contributed by atoms with Crippen LogP contribution in [0.4, 0.5) is 8.78 Å². The van der Waals surface area contributed by atoms with Gasteiger partial charge in [-0.3, -0.25) is 0 Å². The minimum Gasteiger partial charge on any atom is -1.00 e. The van der Waals surface area contributed by atoms with E-state index in [-0.39, 0.29) is 45.6 Å². The smallest absolute Gasteiger partial charge is 0.491 e. The molecular weight excluding hydrogens is 680 g/mol. The third-order valence-electron chi connectivity index (χ3n) is 6.01. The molecule has 14 heteroatoms. The summed E-state index contributed by atoms with van der Waals surface area (Å²) in [7, 11) is 2.53. The van der Waals surface area contributed by atoms with Gasteiger partial charge in [0.25, 0.3) is 0 Å². The summed E-state index contributed by atoms with van der Waals surface area (Å²) in [5.41, 5.74) is 4.24. The van der Waals surface area contributed by atoms with Crippen LogP contribution in [0.3, 0.4) is 0 Å². The van der Waals surface area contributed by atoms with E-state index < -0.39 is 14.2 Å². The minimum atomic E-state index is -1.13. The monoisotopic (exact) mass is 712 g/mol. The Kier molecular flexibility index (Phi) is 19.1. The molecule has 0 aliphatic carbocycles. The summed E-state index contributed by atoms with van der Waals surface area (Å²) in [6.45, 7) is 0.734. The molecule has 0 aliphatic heterocycles. The minimum absolute atomic E-state index is 0. The Hall–Kier alpha value is -2.55. The molecule has 4 N–H and O–H groups in total. The fourth-order valence-electron chi connectivity index (χ4n) is 4.06. The maximum Gasteiger partial charge on any atom is 0.491 e. The van der Waals surface area contributed by atoms with Crippen molar-refractivity contribution in [3.8, 4) is 11.1 Å². The molecule has 42 heavy (non-hydrogen) atoms. The van der Waals surface area contributed by atoms with Crippen molar-refractivity contribution in [1.29, 1.82) is 0 Å². The first-order valence-electron chi connectivity index (χ1n) is 12.2. The quantitative estimate of drug-likeness (QED) is 0.102. The lowest BCUT2D eigenvalue weighted by molar-refractivity contribution is -0.688. The molecule has 0 amide bonds. The molecule has 0 fully saturated rings. The van der Waals surface area contributed by atoms with E-state index in [1.165, 1.54) is 50.6 Å². The van der Waals surface area contributed by atoms with Crippen molar-refractivity contribution in [3.63, 3.8) is 0 Å². The van der Waals surface area contributed by atoms with Crippen LogP contribution in [-0.4, -0.2) is 62.9 Å². The number of benzene rings is 2. The summed E-state index contributed by atoms with van der Waals surface area (Å²) < 4.78 is 41.4. The molecule has 2 heterocycles. The lowest BCUT2D eigenvalue weighted by Crippen LogP contribution is -3.00. The second-order valence-corrected chi connectivity index (χ2v) is 8.38. The van der Waals surface area contributed by atoms with Crippen molar-refractivity contribution in [2.24, 2.45) is 0 Å². The number of aliphatic hydroxyl groups excluding tert-OH is 2. The van der Waals surface area contributed by atoms with E-state index in [4.69, 9.17) is 19.5 Å². The predicted octanol–water partition coefficient (Wildman–Crippen LogP) is -5.80. The second-order valence-electron chi connectivity index (χ2n) is 8.38. The molecule has 2 aromatic carbocycles. The fraction of sp³-hybridized carbons (Fsp3) is 0.214. The summed E-state index contributed by atoms with van der Waals surface area (Å²) in [6.07, 6.45) is 7.54. The van der Waals surface area contributed by atoms with Gasteiger partial charge in [0.1, 0.15) is 11.6 Å². The molecule has 226 valence electrons. The molecule has 0 radical (unpaired) electrons. The highest BCUT2D eigenvalue weighted by Crippen LogP contribution is 2.16. The van der Waals surface area contributed by atoms with Crippen LogP contribution in [0, 0.1) is 11.6 Å². The molecule has 8 nitrogen and oxygen atoms in total. The topological polar surface area (TPSA) is 107 Å². The van der Waals surface area contributed by atoms with Crippen molar-refractivity contribution in [2.75, 3.05) is 28.4 Å². The molecule has 0 saturated heterocycles. The first-order chi connectivity index (χ1) is 19.4. The lowest BCUT2D eigenvalue weighted by Gasteiger charge is -2.10. The van der Waals surface area contributed by atoms with Crippen LogP contribution in [0.15, 0.2) is 85.5 Å². The molecule has 2 aromatic heterocycles. The summed E-state index contributed by atoms with van der Waals surface area (Å²) >= 11 is 0. The van der Waals surface area contributed by atoms with Crippen LogP contribution in [0.2, 0.25) is 0 Å². The van der Waals surface area contributed by atoms with Gasteiger partial charge in [-0.05, 0) is 46.3 Å². The molecule has 4 rings (SSSR count). The zero-order valence-corrected chi connectivity index (χ0v) is 26.8. The van der Waals surface area contributed by atoms with Gasteiger partial charge in [0.2, 0.25) is 0 Å². The van der Waals surface area contributed by atoms with Gasteiger partial charge in [-0.15, -0.1) is 0 Å². The highest BCUT2D eigenvalue weighted by molar-refractivity contribution is 6.60. The molecule has 0 aliphatic rings. The molecule has 0 bridgehead atoms. The first kappa shape index (κ1) is 39.4. The van der Waals surface area contributed by atoms with E-state index in [9.17, 15) is 18.8 Å². The van der Waals surface area contributed by atoms with Crippen LogP contribution in [0.25, 0.3) is 11.1 Å². The third kappa shape index (κ3) is 10.9. The molecule has 0 atom stereocenters. The van der Waals surface area contributed by atoms with Gasteiger partial charge in [0.05, 0.1) is 0 Å². The van der Waals surface area contributed by atoms with Gasteiger partial charge in [0, 0.05) is 63.8 Å². The van der Waals surface area contributed by atoms with Gasteiger partial charge in [-0.1, -0.05) is 12.1 Å². The largest absolute Gasteiger partial charge is 1.00 e. The van der Waals surface area contributed by atoms with Crippen molar-refractivity contribution in [3.05, 3.63) is 108 Å². The Morgan fingerprint density at radius 2 is 0.905 bits per heavy atom. The van der Waals surface area contributed by atoms with Gasteiger partial charge in [-0.25, -0.2) is 17.9 Å². The Morgan fingerprint density at radius 3 is 1.19 bits per heavy atom. The maximum atomic E-state index is 13.8. The van der Waals surface area contributed by atoms with Crippen molar-refractivity contribution in [2.45, 2.75) is 13.1 Å². The molecule has 0 unspecified atom stereocenters. The lowest BCUT2D eigenvalue weighted by atomic mass is 9.76. The van der Waals surface area contributed by atoms with E-state index in [1.54, 1.807) is 0 Å². The SMILES string of the molecule is CO.CO.COB(O)c1ccc(F)cc1C[n+]1ccc(-c2cc[n+](Cc3cc(F)ccc3B(O)OC)cc2)cc1.[Br-].[Br-]. The van der Waals surface area contributed by atoms with Gasteiger partial charge < -0.3 is 63.5 Å². The van der Waals surface area contributed by atoms with Crippen LogP contribution < -0.4 is 54.0 Å². The Morgan fingerprint density at radius 1 is 0.595 bits per heavy atom. The predicted molar refractivity (Wildman–Crippen MR) is 149 cm³/mol. The Labute approximate surface area is 266 Å². The normalized spacial score (nSPS) is 9.67.